The zero-order valence-corrected chi connectivity index (χ0v) is 17.6. The summed E-state index contributed by atoms with van der Waals surface area (Å²) in [4.78, 5) is 23.3. The molecule has 0 saturated carbocycles. The molecular formula is C21H24N2O6S. The van der Waals surface area contributed by atoms with Gasteiger partial charge in [-0.2, -0.15) is 0 Å². The molecule has 0 heterocycles. The van der Waals surface area contributed by atoms with E-state index in [9.17, 15) is 9.59 Å². The van der Waals surface area contributed by atoms with Crippen LogP contribution in [0, 0.1) is 0 Å². The van der Waals surface area contributed by atoms with Crippen molar-refractivity contribution in [3.8, 4) is 11.5 Å². The summed E-state index contributed by atoms with van der Waals surface area (Å²) in [6.45, 7) is 0.903. The second-order valence-electron chi connectivity index (χ2n) is 6.11. The monoisotopic (exact) mass is 432 g/mol. The van der Waals surface area contributed by atoms with Crippen molar-refractivity contribution in [1.29, 1.82) is 0 Å². The smallest absolute Gasteiger partial charge is 0.336 e. The number of benzene rings is 2. The highest BCUT2D eigenvalue weighted by Gasteiger charge is 2.15. The predicted octanol–water partition coefficient (Wildman–Crippen LogP) is 2.27. The topological polar surface area (TPSA) is 106 Å². The van der Waals surface area contributed by atoms with Gasteiger partial charge in [-0.15, -0.1) is 0 Å². The third-order valence-corrected chi connectivity index (χ3v) is 4.42. The lowest BCUT2D eigenvalue weighted by atomic mass is 10.1. The molecule has 0 aliphatic rings. The fourth-order valence-electron chi connectivity index (χ4n) is 2.67. The van der Waals surface area contributed by atoms with Crippen LogP contribution in [0.5, 0.6) is 11.5 Å². The van der Waals surface area contributed by atoms with Gasteiger partial charge in [0.25, 0.3) is 11.1 Å². The minimum absolute atomic E-state index is 0.0525. The Labute approximate surface area is 180 Å². The van der Waals surface area contributed by atoms with Gasteiger partial charge in [-0.1, -0.05) is 18.2 Å². The number of carboxylic acid groups (broad SMARTS) is 1. The van der Waals surface area contributed by atoms with E-state index >= 15 is 0 Å². The number of ether oxygens (including phenoxy) is 3. The van der Waals surface area contributed by atoms with Crippen molar-refractivity contribution in [2.24, 2.45) is 0 Å². The first-order valence-corrected chi connectivity index (χ1v) is 9.59. The molecule has 0 spiro atoms. The standard InChI is InChI=1S/C21H24N2O6S/c1-27-17-8-7-14(13-18(17)28-2)9-10-23-21(30)29-12-11-22-19(24)15-5-3-4-6-16(15)20(25)26/h3-8,13H,9-12H2,1-2H3,(H,22,24)(H,23,30)(H,25,26). The van der Waals surface area contributed by atoms with Crippen molar-refractivity contribution >= 4 is 29.3 Å². The van der Waals surface area contributed by atoms with Crippen LogP contribution in [-0.2, 0) is 11.2 Å². The van der Waals surface area contributed by atoms with Crippen molar-refractivity contribution in [2.75, 3.05) is 33.9 Å². The van der Waals surface area contributed by atoms with Crippen LogP contribution in [0.25, 0.3) is 0 Å². The zero-order valence-electron chi connectivity index (χ0n) is 16.8. The zero-order chi connectivity index (χ0) is 21.9. The molecule has 0 aliphatic carbocycles. The molecule has 0 aliphatic heterocycles. The first-order valence-electron chi connectivity index (χ1n) is 9.18. The van der Waals surface area contributed by atoms with E-state index in [1.807, 2.05) is 18.2 Å². The van der Waals surface area contributed by atoms with Crippen LogP contribution in [0.1, 0.15) is 26.3 Å². The van der Waals surface area contributed by atoms with E-state index < -0.39 is 11.9 Å². The van der Waals surface area contributed by atoms with Gasteiger partial charge in [0.2, 0.25) is 0 Å². The first kappa shape index (κ1) is 23.0. The molecule has 160 valence electrons. The van der Waals surface area contributed by atoms with E-state index in [-0.39, 0.29) is 29.5 Å². The fourth-order valence-corrected chi connectivity index (χ4v) is 2.85. The minimum atomic E-state index is -1.16. The highest BCUT2D eigenvalue weighted by molar-refractivity contribution is 7.80. The maximum Gasteiger partial charge on any atom is 0.336 e. The largest absolute Gasteiger partial charge is 0.493 e. The lowest BCUT2D eigenvalue weighted by Crippen LogP contribution is -2.32. The quantitative estimate of drug-likeness (QED) is 0.388. The van der Waals surface area contributed by atoms with Crippen molar-refractivity contribution in [1.82, 2.24) is 10.6 Å². The predicted molar refractivity (Wildman–Crippen MR) is 116 cm³/mol. The van der Waals surface area contributed by atoms with Crippen LogP contribution in [0.4, 0.5) is 0 Å². The maximum atomic E-state index is 12.1. The Hall–Kier alpha value is -3.33. The van der Waals surface area contributed by atoms with Gasteiger partial charge >= 0.3 is 5.97 Å². The van der Waals surface area contributed by atoms with E-state index in [0.717, 1.165) is 5.56 Å². The number of hydrogen-bond acceptors (Lipinski definition) is 6. The number of hydrogen-bond donors (Lipinski definition) is 3. The Morgan fingerprint density at radius 1 is 0.967 bits per heavy atom. The number of aromatic carboxylic acids is 1. The third-order valence-electron chi connectivity index (χ3n) is 4.15. The van der Waals surface area contributed by atoms with Gasteiger partial charge in [0, 0.05) is 6.54 Å². The molecule has 3 N–H and O–H groups in total. The van der Waals surface area contributed by atoms with Crippen LogP contribution < -0.4 is 20.1 Å². The van der Waals surface area contributed by atoms with E-state index in [0.29, 0.717) is 24.5 Å². The Kier molecular flexibility index (Phi) is 8.89. The van der Waals surface area contributed by atoms with Gasteiger partial charge in [0.1, 0.15) is 6.61 Å². The van der Waals surface area contributed by atoms with Crippen LogP contribution >= 0.6 is 12.2 Å². The molecular weight excluding hydrogens is 408 g/mol. The van der Waals surface area contributed by atoms with Crippen LogP contribution in [0.2, 0.25) is 0 Å². The second-order valence-corrected chi connectivity index (χ2v) is 6.48. The molecule has 8 nitrogen and oxygen atoms in total. The van der Waals surface area contributed by atoms with Gasteiger partial charge in [0.05, 0.1) is 31.9 Å². The Morgan fingerprint density at radius 3 is 2.33 bits per heavy atom. The molecule has 2 aromatic rings. The summed E-state index contributed by atoms with van der Waals surface area (Å²) in [6.07, 6.45) is 0.701. The average Bonchev–Trinajstić information content (AvgIpc) is 2.76. The third kappa shape index (κ3) is 6.63. The number of carbonyl (C=O) groups excluding carboxylic acids is 1. The molecule has 0 saturated heterocycles. The lowest BCUT2D eigenvalue weighted by Gasteiger charge is -2.12. The van der Waals surface area contributed by atoms with Gasteiger partial charge in [-0.25, -0.2) is 4.79 Å². The van der Waals surface area contributed by atoms with Crippen molar-refractivity contribution in [2.45, 2.75) is 6.42 Å². The summed E-state index contributed by atoms with van der Waals surface area (Å²) < 4.78 is 15.9. The average molecular weight is 432 g/mol. The molecule has 0 fully saturated rings. The summed E-state index contributed by atoms with van der Waals surface area (Å²) in [5.41, 5.74) is 1.09. The SMILES string of the molecule is COc1ccc(CCNC(=S)OCCNC(=O)c2ccccc2C(=O)O)cc1OC. The minimum Gasteiger partial charge on any atom is -0.493 e. The lowest BCUT2D eigenvalue weighted by molar-refractivity contribution is 0.0691. The molecule has 0 radical (unpaired) electrons. The number of carbonyl (C=O) groups is 2. The van der Waals surface area contributed by atoms with Crippen molar-refractivity contribution < 1.29 is 28.9 Å². The number of rotatable bonds is 10. The molecule has 1 amide bonds. The summed E-state index contributed by atoms with van der Waals surface area (Å²) in [7, 11) is 3.17. The van der Waals surface area contributed by atoms with Crippen molar-refractivity contribution in [3.63, 3.8) is 0 Å². The molecule has 0 aromatic heterocycles. The number of amides is 1. The summed E-state index contributed by atoms with van der Waals surface area (Å²) in [5.74, 6) is -0.309. The highest BCUT2D eigenvalue weighted by Crippen LogP contribution is 2.27. The molecule has 0 atom stereocenters. The maximum absolute atomic E-state index is 12.1. The molecule has 2 rings (SSSR count). The van der Waals surface area contributed by atoms with E-state index in [1.165, 1.54) is 12.1 Å². The van der Waals surface area contributed by atoms with E-state index in [1.54, 1.807) is 26.4 Å². The molecule has 0 bridgehead atoms. The summed E-state index contributed by atoms with van der Waals surface area (Å²) in [5, 5.41) is 15.0. The summed E-state index contributed by atoms with van der Waals surface area (Å²) in [6, 6.07) is 11.7. The van der Waals surface area contributed by atoms with Crippen LogP contribution in [-0.4, -0.2) is 56.1 Å². The highest BCUT2D eigenvalue weighted by atomic mass is 32.1. The second kappa shape index (κ2) is 11.6. The number of methoxy groups -OCH3 is 2. The summed E-state index contributed by atoms with van der Waals surface area (Å²) >= 11 is 5.12. The Bertz CT molecular complexity index is 903. The van der Waals surface area contributed by atoms with Gasteiger partial charge < -0.3 is 30.0 Å². The first-order chi connectivity index (χ1) is 14.5. The normalized spacial score (nSPS) is 10.1. The van der Waals surface area contributed by atoms with Crippen LogP contribution in [0.15, 0.2) is 42.5 Å². The Morgan fingerprint density at radius 2 is 1.67 bits per heavy atom. The van der Waals surface area contributed by atoms with Gasteiger partial charge in [-0.3, -0.25) is 4.79 Å². The van der Waals surface area contributed by atoms with Gasteiger partial charge in [0.15, 0.2) is 11.5 Å². The molecule has 2 aromatic carbocycles. The van der Waals surface area contributed by atoms with Crippen LogP contribution in [0.3, 0.4) is 0 Å². The number of nitrogens with one attached hydrogen (secondary N) is 2. The fraction of sp³-hybridized carbons (Fsp3) is 0.286. The Balaban J connectivity index is 1.69. The number of carboxylic acids is 1. The van der Waals surface area contributed by atoms with Crippen molar-refractivity contribution in [3.05, 3.63) is 59.2 Å². The van der Waals surface area contributed by atoms with E-state index in [4.69, 9.17) is 31.5 Å². The number of thiocarbonyl (C=S) groups is 1. The molecule has 30 heavy (non-hydrogen) atoms. The molecule has 0 unspecified atom stereocenters. The van der Waals surface area contributed by atoms with E-state index in [2.05, 4.69) is 10.6 Å². The molecule has 9 heteroatoms. The van der Waals surface area contributed by atoms with Gasteiger partial charge in [-0.05, 0) is 48.5 Å².